The van der Waals surface area contributed by atoms with Crippen molar-refractivity contribution in [3.8, 4) is 0 Å². The zero-order valence-electron chi connectivity index (χ0n) is 11.6. The fraction of sp³-hybridized carbons (Fsp3) is 0.533. The minimum atomic E-state index is -0.285. The number of likely N-dealkylation sites (N-methyl/N-ethyl adjacent to an activating group) is 1. The molecule has 0 aromatic heterocycles. The summed E-state index contributed by atoms with van der Waals surface area (Å²) in [5.74, 6) is -0.285. The van der Waals surface area contributed by atoms with Crippen LogP contribution in [-0.2, 0) is 11.3 Å². The zero-order chi connectivity index (χ0) is 13.7. The zero-order valence-corrected chi connectivity index (χ0v) is 11.6. The molecule has 2 N–H and O–H groups in total. The van der Waals surface area contributed by atoms with E-state index in [1.54, 1.807) is 0 Å². The second-order valence-corrected chi connectivity index (χ2v) is 5.35. The van der Waals surface area contributed by atoms with Gasteiger partial charge in [0.2, 0.25) is 5.91 Å². The van der Waals surface area contributed by atoms with Crippen molar-refractivity contribution in [2.75, 3.05) is 31.6 Å². The van der Waals surface area contributed by atoms with Crippen molar-refractivity contribution in [1.29, 1.82) is 0 Å². The summed E-state index contributed by atoms with van der Waals surface area (Å²) in [6, 6.07) is 8.64. The van der Waals surface area contributed by atoms with Gasteiger partial charge in [0.1, 0.15) is 0 Å². The molecule has 1 aromatic rings. The summed E-state index contributed by atoms with van der Waals surface area (Å²) < 4.78 is 0. The average molecular weight is 261 g/mol. The molecule has 1 amide bonds. The maximum atomic E-state index is 10.8. The quantitative estimate of drug-likeness (QED) is 0.875. The number of nitrogens with two attached hydrogens (primary N) is 1. The van der Waals surface area contributed by atoms with Gasteiger partial charge in [-0.1, -0.05) is 12.1 Å². The van der Waals surface area contributed by atoms with Gasteiger partial charge in [0, 0.05) is 25.3 Å². The van der Waals surface area contributed by atoms with Crippen LogP contribution in [0.25, 0.3) is 0 Å². The minimum absolute atomic E-state index is 0.285. The van der Waals surface area contributed by atoms with Gasteiger partial charge in [0.25, 0.3) is 0 Å². The summed E-state index contributed by atoms with van der Waals surface area (Å²) in [6.45, 7) is 3.39. The Hall–Kier alpha value is -1.55. The number of piperidine rings is 1. The van der Waals surface area contributed by atoms with E-state index >= 15 is 0 Å². The molecule has 1 fully saturated rings. The van der Waals surface area contributed by atoms with Gasteiger partial charge in [-0.05, 0) is 44.0 Å². The normalized spacial score (nSPS) is 15.8. The number of amides is 1. The third kappa shape index (κ3) is 4.24. The average Bonchev–Trinajstić information content (AvgIpc) is 2.39. The molecule has 4 nitrogen and oxygen atoms in total. The highest BCUT2D eigenvalue weighted by Crippen LogP contribution is 2.20. The lowest BCUT2D eigenvalue weighted by molar-refractivity contribution is -0.118. The number of benzene rings is 1. The fourth-order valence-electron chi connectivity index (χ4n) is 2.60. The van der Waals surface area contributed by atoms with Crippen molar-refractivity contribution in [3.63, 3.8) is 0 Å². The van der Waals surface area contributed by atoms with Crippen LogP contribution in [0.5, 0.6) is 0 Å². The van der Waals surface area contributed by atoms with Crippen LogP contribution in [0.3, 0.4) is 0 Å². The fourth-order valence-corrected chi connectivity index (χ4v) is 2.60. The summed E-state index contributed by atoms with van der Waals surface area (Å²) in [4.78, 5) is 15.2. The van der Waals surface area contributed by atoms with E-state index in [2.05, 4.69) is 29.2 Å². The van der Waals surface area contributed by atoms with Crippen molar-refractivity contribution in [1.82, 2.24) is 4.90 Å². The molecule has 0 bridgehead atoms. The van der Waals surface area contributed by atoms with Gasteiger partial charge < -0.3 is 10.6 Å². The standard InChI is InChI=1S/C15H23N3O/c1-17(12-15(16)19)11-13-5-7-14(8-6-13)18-9-3-2-4-10-18/h5-8H,2-4,9-12H2,1H3,(H2,16,19). The van der Waals surface area contributed by atoms with Crippen molar-refractivity contribution in [2.45, 2.75) is 25.8 Å². The maximum Gasteiger partial charge on any atom is 0.231 e. The topological polar surface area (TPSA) is 49.6 Å². The molecule has 0 aliphatic carbocycles. The Bertz CT molecular complexity index is 410. The van der Waals surface area contributed by atoms with E-state index in [-0.39, 0.29) is 5.91 Å². The lowest BCUT2D eigenvalue weighted by atomic mass is 10.1. The van der Waals surface area contributed by atoms with E-state index < -0.39 is 0 Å². The first kappa shape index (κ1) is 13.9. The molecule has 19 heavy (non-hydrogen) atoms. The summed E-state index contributed by atoms with van der Waals surface area (Å²) in [7, 11) is 1.91. The lowest BCUT2D eigenvalue weighted by Gasteiger charge is -2.29. The van der Waals surface area contributed by atoms with Gasteiger partial charge in [-0.15, -0.1) is 0 Å². The maximum absolute atomic E-state index is 10.8. The highest BCUT2D eigenvalue weighted by atomic mass is 16.1. The Morgan fingerprint density at radius 1 is 1.21 bits per heavy atom. The van der Waals surface area contributed by atoms with Crippen molar-refractivity contribution < 1.29 is 4.79 Å². The van der Waals surface area contributed by atoms with Gasteiger partial charge in [-0.3, -0.25) is 9.69 Å². The number of carbonyl (C=O) groups excluding carboxylic acids is 1. The van der Waals surface area contributed by atoms with E-state index in [0.29, 0.717) is 6.54 Å². The first-order valence-corrected chi connectivity index (χ1v) is 6.96. The number of hydrogen-bond donors (Lipinski definition) is 1. The van der Waals surface area contributed by atoms with Gasteiger partial charge in [0.15, 0.2) is 0 Å². The molecule has 1 aliphatic heterocycles. The minimum Gasteiger partial charge on any atom is -0.372 e. The summed E-state index contributed by atoms with van der Waals surface area (Å²) in [5, 5.41) is 0. The first-order valence-electron chi connectivity index (χ1n) is 6.96. The van der Waals surface area contributed by atoms with Crippen molar-refractivity contribution in [2.24, 2.45) is 5.73 Å². The van der Waals surface area contributed by atoms with E-state index in [1.165, 1.54) is 43.6 Å². The molecule has 104 valence electrons. The van der Waals surface area contributed by atoms with E-state index in [4.69, 9.17) is 5.73 Å². The van der Waals surface area contributed by atoms with Crippen LogP contribution in [0.2, 0.25) is 0 Å². The Morgan fingerprint density at radius 3 is 2.42 bits per heavy atom. The number of carbonyl (C=O) groups is 1. The molecule has 1 aromatic carbocycles. The summed E-state index contributed by atoms with van der Waals surface area (Å²) in [6.07, 6.45) is 3.94. The third-order valence-electron chi connectivity index (χ3n) is 3.54. The largest absolute Gasteiger partial charge is 0.372 e. The third-order valence-corrected chi connectivity index (χ3v) is 3.54. The molecule has 0 spiro atoms. The van der Waals surface area contributed by atoms with Crippen LogP contribution >= 0.6 is 0 Å². The Kier molecular flexibility index (Phi) is 4.80. The van der Waals surface area contributed by atoms with E-state index in [1.807, 2.05) is 11.9 Å². The van der Waals surface area contributed by atoms with Crippen LogP contribution < -0.4 is 10.6 Å². The lowest BCUT2D eigenvalue weighted by Crippen LogP contribution is -2.30. The Morgan fingerprint density at radius 2 is 1.84 bits per heavy atom. The Labute approximate surface area is 115 Å². The second kappa shape index (κ2) is 6.57. The highest BCUT2D eigenvalue weighted by molar-refractivity contribution is 5.75. The summed E-state index contributed by atoms with van der Waals surface area (Å²) in [5.41, 5.74) is 7.70. The molecular formula is C15H23N3O. The summed E-state index contributed by atoms with van der Waals surface area (Å²) >= 11 is 0. The SMILES string of the molecule is CN(CC(N)=O)Cc1ccc(N2CCCCC2)cc1. The van der Waals surface area contributed by atoms with Crippen LogP contribution in [0.1, 0.15) is 24.8 Å². The molecular weight excluding hydrogens is 238 g/mol. The van der Waals surface area contributed by atoms with E-state index in [9.17, 15) is 4.79 Å². The van der Waals surface area contributed by atoms with Crippen molar-refractivity contribution in [3.05, 3.63) is 29.8 Å². The van der Waals surface area contributed by atoms with Gasteiger partial charge in [-0.2, -0.15) is 0 Å². The van der Waals surface area contributed by atoms with Crippen molar-refractivity contribution >= 4 is 11.6 Å². The number of hydrogen-bond acceptors (Lipinski definition) is 3. The van der Waals surface area contributed by atoms with Gasteiger partial charge in [0.05, 0.1) is 6.54 Å². The molecule has 1 aliphatic rings. The molecule has 0 atom stereocenters. The molecule has 1 heterocycles. The van der Waals surface area contributed by atoms with Gasteiger partial charge >= 0.3 is 0 Å². The number of anilines is 1. The second-order valence-electron chi connectivity index (χ2n) is 5.35. The predicted octanol–water partition coefficient (Wildman–Crippen LogP) is 1.59. The molecule has 2 rings (SSSR count). The Balaban J connectivity index is 1.92. The molecule has 0 radical (unpaired) electrons. The van der Waals surface area contributed by atoms with Crippen LogP contribution in [-0.4, -0.2) is 37.5 Å². The van der Waals surface area contributed by atoms with E-state index in [0.717, 1.165) is 6.54 Å². The smallest absolute Gasteiger partial charge is 0.231 e. The predicted molar refractivity (Wildman–Crippen MR) is 78.0 cm³/mol. The first-order chi connectivity index (χ1) is 9.15. The molecule has 0 unspecified atom stereocenters. The van der Waals surface area contributed by atoms with Crippen LogP contribution in [0.4, 0.5) is 5.69 Å². The van der Waals surface area contributed by atoms with Gasteiger partial charge in [-0.25, -0.2) is 0 Å². The molecule has 1 saturated heterocycles. The highest BCUT2D eigenvalue weighted by Gasteiger charge is 2.10. The van der Waals surface area contributed by atoms with Crippen LogP contribution in [0.15, 0.2) is 24.3 Å². The number of primary amides is 1. The monoisotopic (exact) mass is 261 g/mol. The van der Waals surface area contributed by atoms with Crippen LogP contribution in [0, 0.1) is 0 Å². The number of nitrogens with zero attached hydrogens (tertiary/aromatic N) is 2. The number of rotatable bonds is 5. The molecule has 0 saturated carbocycles. The molecule has 4 heteroatoms.